The number of aromatic carboxylic acids is 1. The van der Waals surface area contributed by atoms with Crippen LogP contribution in [-0.4, -0.2) is 49.9 Å². The van der Waals surface area contributed by atoms with Crippen LogP contribution in [0.1, 0.15) is 80.9 Å². The zero-order valence-electron chi connectivity index (χ0n) is 42.7. The molecule has 2 N–H and O–H groups in total. The Morgan fingerprint density at radius 1 is 0.593 bits per heavy atom. The Morgan fingerprint density at radius 2 is 1.01 bits per heavy atom. The first kappa shape index (κ1) is 58.3. The number of rotatable bonds is 16. The Balaban J connectivity index is 0.000000191. The first-order valence-electron chi connectivity index (χ1n) is 24.5. The number of hydrogen-bond donors (Lipinski definition) is 1. The third-order valence-electron chi connectivity index (χ3n) is 13.0. The van der Waals surface area contributed by atoms with E-state index < -0.39 is 23.6 Å². The van der Waals surface area contributed by atoms with Crippen LogP contribution < -0.4 is 48.5 Å². The van der Waals surface area contributed by atoms with Gasteiger partial charge in [-0.2, -0.15) is 0 Å². The molecule has 81 heavy (non-hydrogen) atoms. The van der Waals surface area contributed by atoms with E-state index >= 15 is 8.78 Å². The van der Waals surface area contributed by atoms with Crippen LogP contribution in [0, 0.1) is 11.6 Å². The quantitative estimate of drug-likeness (QED) is 0.0705. The van der Waals surface area contributed by atoms with Crippen molar-refractivity contribution in [2.24, 2.45) is 0 Å². The number of nitrogens with zero attached hydrogens (tertiary/aromatic N) is 4. The third-order valence-corrected chi connectivity index (χ3v) is 14.3. The van der Waals surface area contributed by atoms with E-state index in [0.717, 1.165) is 25.7 Å². The van der Waals surface area contributed by atoms with Gasteiger partial charge in [0.05, 0.1) is 49.5 Å². The molecule has 22 heteroatoms. The number of ether oxygens (including phenoxy) is 5. The van der Waals surface area contributed by atoms with Crippen molar-refractivity contribution in [3.05, 3.63) is 199 Å². The second-order valence-corrected chi connectivity index (χ2v) is 20.0. The number of halogens is 6. The molecule has 0 radical (unpaired) electrons. The normalized spacial score (nSPS) is 12.6. The smallest absolute Gasteiger partial charge is 0.870 e. The predicted molar refractivity (Wildman–Crippen MR) is 293 cm³/mol. The molecular formula is C59H41Cl4F2N4NaO11. The Bertz CT molecular complexity index is 3930. The molecule has 4 aromatic heterocycles. The van der Waals surface area contributed by atoms with Crippen molar-refractivity contribution in [1.29, 1.82) is 0 Å². The second-order valence-electron chi connectivity index (χ2n) is 18.4. The van der Waals surface area contributed by atoms with Crippen molar-refractivity contribution in [2.45, 2.75) is 50.7 Å². The van der Waals surface area contributed by atoms with Gasteiger partial charge in [-0.1, -0.05) is 81.0 Å². The van der Waals surface area contributed by atoms with Crippen molar-refractivity contribution in [3.63, 3.8) is 0 Å². The standard InChI is InChI=1S/C30H21Cl2FN2O5.C29H19Cl2FN2O5.Na.H2O/c1-37-30(36)18-8-12-25(34-14-18)39-19-9-10-20-17(13-19)7-11-24(27(20)33)38-15-21-28(35-40-29(21)16-5-6-16)26-22(31)3-2-4-23(26)32;30-21-2-1-3-22(31)25(21)27-20(28(39-34-27)15-4-5-15)14-37-23-10-6-16-12-18(8-9-19(16)26(23)32)38-24-11-7-17(13-33-24)29(35)36;;/h2-4,7-14,16H,5-6,15H2,1H3;1-3,6-13,15H,4-5,14H2,(H,35,36);;1H2/q;;+1;/p-1. The van der Waals surface area contributed by atoms with Crippen LogP contribution in [0.4, 0.5) is 8.78 Å². The third kappa shape index (κ3) is 12.8. The fraction of sp³-hybridized carbons (Fsp3) is 0.153. The Labute approximate surface area is 502 Å². The SMILES string of the molecule is COC(=O)c1ccc(Oc2ccc3c(F)c(OCc4c(-c5c(Cl)cccc5Cl)noc4C4CC4)ccc3c2)nc1.O=C(O)c1ccc(Oc2ccc3c(F)c(OCc4c(-c5c(Cl)cccc5Cl)noc4C4CC4)ccc3c2)nc1.[Na+].[OH-]. The molecule has 4 heterocycles. The topological polar surface area (TPSA) is 208 Å². The minimum absolute atomic E-state index is 0. The van der Waals surface area contributed by atoms with Crippen LogP contribution in [-0.2, 0) is 18.0 Å². The van der Waals surface area contributed by atoms with Gasteiger partial charge in [0.25, 0.3) is 0 Å². The van der Waals surface area contributed by atoms with Crippen LogP contribution >= 0.6 is 46.4 Å². The van der Waals surface area contributed by atoms with Gasteiger partial charge in [-0.3, -0.25) is 0 Å². The zero-order valence-corrected chi connectivity index (χ0v) is 47.7. The summed E-state index contributed by atoms with van der Waals surface area (Å²) in [6.45, 7) is 0.0525. The Kier molecular flexibility index (Phi) is 18.2. The van der Waals surface area contributed by atoms with Gasteiger partial charge < -0.3 is 43.3 Å². The summed E-state index contributed by atoms with van der Waals surface area (Å²) in [7, 11) is 1.30. The average Bonchev–Trinajstić information content (AvgIpc) is 4.53. The number of hydrogen-bond acceptors (Lipinski definition) is 14. The number of carbonyl (C=O) groups is 2. The van der Waals surface area contributed by atoms with Crippen LogP contribution in [0.5, 0.6) is 34.8 Å². The first-order chi connectivity index (χ1) is 38.3. The summed E-state index contributed by atoms with van der Waals surface area (Å²) in [5, 5.41) is 21.2. The van der Waals surface area contributed by atoms with Gasteiger partial charge in [0.1, 0.15) is 47.6 Å². The summed E-state index contributed by atoms with van der Waals surface area (Å²) < 4.78 is 70.4. The zero-order chi connectivity index (χ0) is 54.9. The minimum atomic E-state index is -1.08. The molecular weight excluding hydrogens is 1140 g/mol. The Morgan fingerprint density at radius 3 is 1.38 bits per heavy atom. The molecule has 12 rings (SSSR count). The van der Waals surface area contributed by atoms with E-state index in [1.807, 2.05) is 0 Å². The number of carboxylic acids is 1. The van der Waals surface area contributed by atoms with Gasteiger partial charge in [0.15, 0.2) is 23.1 Å². The molecule has 0 aliphatic heterocycles. The van der Waals surface area contributed by atoms with Gasteiger partial charge in [-0.25, -0.2) is 28.3 Å². The molecule has 406 valence electrons. The maximum atomic E-state index is 15.5. The molecule has 2 fully saturated rings. The number of benzene rings is 6. The van der Waals surface area contributed by atoms with Crippen LogP contribution in [0.3, 0.4) is 0 Å². The number of fused-ring (bicyclic) bond motifs is 2. The number of carboxylic acid groups (broad SMARTS) is 1. The molecule has 2 aliphatic rings. The van der Waals surface area contributed by atoms with Gasteiger partial charge in [-0.15, -0.1) is 0 Å². The van der Waals surface area contributed by atoms with Crippen LogP contribution in [0.2, 0.25) is 20.1 Å². The van der Waals surface area contributed by atoms with E-state index in [2.05, 4.69) is 25.0 Å². The fourth-order valence-corrected chi connectivity index (χ4v) is 9.89. The first-order valence-corrected chi connectivity index (χ1v) is 26.0. The maximum Gasteiger partial charge on any atom is 1.00 e. The summed E-state index contributed by atoms with van der Waals surface area (Å²) in [6.07, 6.45) is 6.49. The van der Waals surface area contributed by atoms with Crippen molar-refractivity contribution in [3.8, 4) is 57.3 Å². The average molecular weight is 1180 g/mol. The van der Waals surface area contributed by atoms with Crippen molar-refractivity contribution >= 4 is 79.9 Å². The predicted octanol–water partition coefficient (Wildman–Crippen LogP) is 13.5. The molecule has 0 spiro atoms. The summed E-state index contributed by atoms with van der Waals surface area (Å²) in [5.41, 5.74) is 3.83. The van der Waals surface area contributed by atoms with E-state index in [1.165, 1.54) is 31.6 Å². The molecule has 2 aliphatic carbocycles. The van der Waals surface area contributed by atoms with Gasteiger partial charge in [-0.05, 0) is 121 Å². The number of carbonyl (C=O) groups excluding carboxylic acids is 1. The molecule has 0 bridgehead atoms. The number of pyridine rings is 2. The molecule has 10 aromatic rings. The molecule has 0 amide bonds. The molecule has 0 atom stereocenters. The number of methoxy groups -OCH3 is 1. The molecule has 6 aromatic carbocycles. The van der Waals surface area contributed by atoms with Crippen LogP contribution in [0.15, 0.2) is 143 Å². The number of aromatic nitrogens is 4. The van der Waals surface area contributed by atoms with Crippen molar-refractivity contribution in [1.82, 2.24) is 20.3 Å². The van der Waals surface area contributed by atoms with Crippen LogP contribution in [0.25, 0.3) is 44.1 Å². The molecule has 0 saturated heterocycles. The van der Waals surface area contributed by atoms with E-state index in [-0.39, 0.29) is 88.9 Å². The van der Waals surface area contributed by atoms with E-state index in [1.54, 1.807) is 109 Å². The Hall–Kier alpha value is -7.32. The van der Waals surface area contributed by atoms with Gasteiger partial charge >= 0.3 is 41.5 Å². The van der Waals surface area contributed by atoms with Gasteiger partial charge in [0.2, 0.25) is 11.8 Å². The monoisotopic (exact) mass is 1180 g/mol. The van der Waals surface area contributed by atoms with E-state index in [4.69, 9.17) is 79.5 Å². The second kappa shape index (κ2) is 25.2. The largest absolute Gasteiger partial charge is 1.00 e. The van der Waals surface area contributed by atoms with Gasteiger partial charge in [0, 0.05) is 58.3 Å². The maximum absolute atomic E-state index is 15.5. The summed E-state index contributed by atoms with van der Waals surface area (Å²) in [4.78, 5) is 30.7. The minimum Gasteiger partial charge on any atom is -0.870 e. The van der Waals surface area contributed by atoms with Crippen molar-refractivity contribution in [2.75, 3.05) is 7.11 Å². The van der Waals surface area contributed by atoms with E-state index in [9.17, 15) is 9.59 Å². The molecule has 2 saturated carbocycles. The molecule has 0 unspecified atom stereocenters. The van der Waals surface area contributed by atoms with E-state index in [0.29, 0.717) is 104 Å². The summed E-state index contributed by atoms with van der Waals surface area (Å²) in [6, 6.07) is 32.7. The fourth-order valence-electron chi connectivity index (χ4n) is 8.73. The number of esters is 1. The summed E-state index contributed by atoms with van der Waals surface area (Å²) in [5.74, 6) is 0.822. The molecule has 15 nitrogen and oxygen atoms in total. The van der Waals surface area contributed by atoms with Crippen molar-refractivity contribution < 1.29 is 91.2 Å². The summed E-state index contributed by atoms with van der Waals surface area (Å²) >= 11 is 25.7.